The van der Waals surface area contributed by atoms with Gasteiger partial charge in [-0.1, -0.05) is 57.5 Å². The number of hydrogen-bond donors (Lipinski definition) is 0. The number of fused-ring (bicyclic) bond motifs is 1. The molecule has 6 nitrogen and oxygen atoms in total. The van der Waals surface area contributed by atoms with Crippen molar-refractivity contribution in [2.45, 2.75) is 57.9 Å². The third kappa shape index (κ3) is 6.47. The summed E-state index contributed by atoms with van der Waals surface area (Å²) < 4.78 is 34.6. The molecule has 0 saturated carbocycles. The Morgan fingerprint density at radius 1 is 1.05 bits per heavy atom. The molecule has 0 bridgehead atoms. The fourth-order valence-corrected chi connectivity index (χ4v) is 7.24. The third-order valence-electron chi connectivity index (χ3n) is 6.91. The molecule has 0 aliphatic carbocycles. The van der Waals surface area contributed by atoms with Crippen LogP contribution in [-0.2, 0) is 21.2 Å². The van der Waals surface area contributed by atoms with Gasteiger partial charge in [-0.15, -0.1) is 11.3 Å². The molecule has 1 amide bonds. The molecule has 0 unspecified atom stereocenters. The van der Waals surface area contributed by atoms with Crippen molar-refractivity contribution in [3.8, 4) is 5.75 Å². The van der Waals surface area contributed by atoms with Crippen LogP contribution in [0.3, 0.4) is 0 Å². The first-order valence-corrected chi connectivity index (χ1v) is 15.5. The van der Waals surface area contributed by atoms with Gasteiger partial charge in [-0.3, -0.25) is 4.79 Å². The van der Waals surface area contributed by atoms with Gasteiger partial charge in [0.25, 0.3) is 0 Å². The number of carbonyl (C=O) groups excluding carboxylic acids is 1. The Hall–Kier alpha value is -2.68. The van der Waals surface area contributed by atoms with Gasteiger partial charge in [-0.05, 0) is 72.0 Å². The van der Waals surface area contributed by atoms with Crippen molar-refractivity contribution < 1.29 is 17.9 Å². The molecule has 204 valence electrons. The van der Waals surface area contributed by atoms with E-state index in [1.54, 1.807) is 40.5 Å². The van der Waals surface area contributed by atoms with E-state index in [0.717, 1.165) is 23.3 Å². The largest absolute Gasteiger partial charge is 0.491 e. The van der Waals surface area contributed by atoms with Crippen LogP contribution in [0.2, 0.25) is 0 Å². The molecule has 4 rings (SSSR count). The number of thiophene rings is 1. The van der Waals surface area contributed by atoms with Crippen LogP contribution in [-0.4, -0.2) is 49.8 Å². The number of sulfonamides is 1. The molecule has 8 heteroatoms. The Morgan fingerprint density at radius 3 is 2.37 bits per heavy atom. The van der Waals surface area contributed by atoms with E-state index >= 15 is 0 Å². The molecule has 3 aromatic rings. The van der Waals surface area contributed by atoms with E-state index in [-0.39, 0.29) is 35.9 Å². The molecule has 0 radical (unpaired) electrons. The highest BCUT2D eigenvalue weighted by Gasteiger charge is 2.35. The molecule has 0 fully saturated rings. The number of rotatable bonds is 10. The SMILES string of the molecule is Cc1ccc(S(=O)(=O)N(CC(=O)N2CCc3sccc3[C@@H]2COc2ccc(C(C)C)cc2)CC(C)C)cc1. The molecule has 38 heavy (non-hydrogen) atoms. The van der Waals surface area contributed by atoms with Gasteiger partial charge in [0.2, 0.25) is 15.9 Å². The Bertz CT molecular complexity index is 1330. The molecule has 1 atom stereocenters. The van der Waals surface area contributed by atoms with E-state index in [9.17, 15) is 13.2 Å². The van der Waals surface area contributed by atoms with Gasteiger partial charge in [-0.2, -0.15) is 4.31 Å². The van der Waals surface area contributed by atoms with Gasteiger partial charge < -0.3 is 9.64 Å². The topological polar surface area (TPSA) is 66.9 Å². The van der Waals surface area contributed by atoms with Crippen LogP contribution in [0, 0.1) is 12.8 Å². The Kier molecular flexibility index (Phi) is 8.96. The van der Waals surface area contributed by atoms with E-state index < -0.39 is 10.0 Å². The zero-order valence-electron chi connectivity index (χ0n) is 22.9. The van der Waals surface area contributed by atoms with E-state index in [1.807, 2.05) is 32.9 Å². The maximum absolute atomic E-state index is 13.8. The van der Waals surface area contributed by atoms with E-state index in [4.69, 9.17) is 4.74 Å². The smallest absolute Gasteiger partial charge is 0.243 e. The molecule has 0 saturated heterocycles. The standard InChI is InChI=1S/C30H38N2O4S2/c1-21(2)18-31(38(34,35)26-12-6-23(5)7-13-26)19-30(33)32-16-14-29-27(15-17-37-29)28(32)20-36-25-10-8-24(9-11-25)22(3)4/h6-13,15,17,21-22,28H,14,16,18-20H2,1-5H3/t28-/m0/s1. The molecular weight excluding hydrogens is 516 g/mol. The van der Waals surface area contributed by atoms with Crippen LogP contribution >= 0.6 is 11.3 Å². The minimum Gasteiger partial charge on any atom is -0.491 e. The molecule has 0 spiro atoms. The van der Waals surface area contributed by atoms with E-state index in [1.165, 1.54) is 14.7 Å². The molecular formula is C30H38N2O4S2. The average molecular weight is 555 g/mol. The quantitative estimate of drug-likeness (QED) is 0.307. The second-order valence-corrected chi connectivity index (χ2v) is 13.6. The second-order valence-electron chi connectivity index (χ2n) is 10.7. The number of amides is 1. The van der Waals surface area contributed by atoms with E-state index in [0.29, 0.717) is 19.1 Å². The number of benzene rings is 2. The lowest BCUT2D eigenvalue weighted by Gasteiger charge is -2.37. The number of ether oxygens (including phenoxy) is 1. The second kappa shape index (κ2) is 12.0. The van der Waals surface area contributed by atoms with Crippen LogP contribution in [0.15, 0.2) is 64.9 Å². The first-order valence-electron chi connectivity index (χ1n) is 13.2. The summed E-state index contributed by atoms with van der Waals surface area (Å²) in [6.07, 6.45) is 0.757. The fourth-order valence-electron chi connectivity index (χ4n) is 4.75. The van der Waals surface area contributed by atoms with Gasteiger partial charge >= 0.3 is 0 Å². The van der Waals surface area contributed by atoms with Crippen LogP contribution < -0.4 is 4.74 Å². The zero-order valence-corrected chi connectivity index (χ0v) is 24.5. The Labute approximate surface area is 231 Å². The first kappa shape index (κ1) is 28.3. The lowest BCUT2D eigenvalue weighted by atomic mass is 10.0. The van der Waals surface area contributed by atoms with Crippen molar-refractivity contribution in [2.24, 2.45) is 5.92 Å². The summed E-state index contributed by atoms with van der Waals surface area (Å²) in [4.78, 5) is 17.0. The predicted octanol–water partition coefficient (Wildman–Crippen LogP) is 6.03. The summed E-state index contributed by atoms with van der Waals surface area (Å²) in [5.74, 6) is 1.06. The molecule has 2 heterocycles. The average Bonchev–Trinajstić information content (AvgIpc) is 3.36. The molecule has 1 aromatic heterocycles. The van der Waals surface area contributed by atoms with Crippen molar-refractivity contribution in [1.29, 1.82) is 0 Å². The van der Waals surface area contributed by atoms with E-state index in [2.05, 4.69) is 37.4 Å². The maximum atomic E-state index is 13.8. The normalized spacial score (nSPS) is 15.8. The fraction of sp³-hybridized carbons (Fsp3) is 0.433. The summed E-state index contributed by atoms with van der Waals surface area (Å²) in [5.41, 5.74) is 3.31. The van der Waals surface area contributed by atoms with Crippen molar-refractivity contribution in [1.82, 2.24) is 9.21 Å². The summed E-state index contributed by atoms with van der Waals surface area (Å²) >= 11 is 1.69. The number of aryl methyl sites for hydroxylation is 1. The Balaban J connectivity index is 1.55. The first-order chi connectivity index (χ1) is 18.1. The molecule has 1 aliphatic heterocycles. The minimum absolute atomic E-state index is 0.0702. The van der Waals surface area contributed by atoms with Gasteiger partial charge in [0.1, 0.15) is 12.4 Å². The number of nitrogens with zero attached hydrogens (tertiary/aromatic N) is 2. The van der Waals surface area contributed by atoms with Crippen molar-refractivity contribution in [3.05, 3.63) is 81.5 Å². The minimum atomic E-state index is -3.82. The van der Waals surface area contributed by atoms with Gasteiger partial charge in [-0.25, -0.2) is 8.42 Å². The molecule has 1 aliphatic rings. The lowest BCUT2D eigenvalue weighted by molar-refractivity contribution is -0.135. The van der Waals surface area contributed by atoms with Crippen molar-refractivity contribution in [2.75, 3.05) is 26.2 Å². The highest BCUT2D eigenvalue weighted by Crippen LogP contribution is 2.34. The molecule has 2 aromatic carbocycles. The summed E-state index contributed by atoms with van der Waals surface area (Å²) in [6.45, 7) is 11.1. The third-order valence-corrected chi connectivity index (χ3v) is 9.73. The van der Waals surface area contributed by atoms with Crippen LogP contribution in [0.25, 0.3) is 0 Å². The number of carbonyl (C=O) groups is 1. The van der Waals surface area contributed by atoms with Crippen molar-refractivity contribution >= 4 is 27.3 Å². The maximum Gasteiger partial charge on any atom is 0.243 e. The van der Waals surface area contributed by atoms with Crippen LogP contribution in [0.4, 0.5) is 0 Å². The summed E-state index contributed by atoms with van der Waals surface area (Å²) in [6, 6.07) is 16.7. The molecule has 0 N–H and O–H groups in total. The Morgan fingerprint density at radius 2 is 1.74 bits per heavy atom. The number of hydrogen-bond acceptors (Lipinski definition) is 5. The highest BCUT2D eigenvalue weighted by atomic mass is 32.2. The predicted molar refractivity (Wildman–Crippen MR) is 153 cm³/mol. The zero-order chi connectivity index (χ0) is 27.4. The van der Waals surface area contributed by atoms with Gasteiger partial charge in [0.05, 0.1) is 17.5 Å². The summed E-state index contributed by atoms with van der Waals surface area (Å²) in [7, 11) is -3.82. The monoisotopic (exact) mass is 554 g/mol. The van der Waals surface area contributed by atoms with Crippen LogP contribution in [0.1, 0.15) is 61.2 Å². The highest BCUT2D eigenvalue weighted by molar-refractivity contribution is 7.89. The van der Waals surface area contributed by atoms with Gasteiger partial charge in [0.15, 0.2) is 0 Å². The van der Waals surface area contributed by atoms with Gasteiger partial charge in [0, 0.05) is 18.0 Å². The van der Waals surface area contributed by atoms with Crippen molar-refractivity contribution in [3.63, 3.8) is 0 Å². The summed E-state index contributed by atoms with van der Waals surface area (Å²) in [5, 5.41) is 2.05. The van der Waals surface area contributed by atoms with Crippen LogP contribution in [0.5, 0.6) is 5.75 Å². The lowest BCUT2D eigenvalue weighted by Crippen LogP contribution is -2.48.